The van der Waals surface area contributed by atoms with Gasteiger partial charge in [-0.3, -0.25) is 4.90 Å². The highest BCUT2D eigenvalue weighted by molar-refractivity contribution is 5.65. The van der Waals surface area contributed by atoms with Gasteiger partial charge in [0.25, 0.3) is 0 Å². The van der Waals surface area contributed by atoms with Crippen LogP contribution in [0.15, 0.2) is 12.1 Å². The Balaban J connectivity index is 2.12. The fourth-order valence-electron chi connectivity index (χ4n) is 2.73. The maximum atomic E-state index is 11.1. The van der Waals surface area contributed by atoms with Gasteiger partial charge in [-0.1, -0.05) is 0 Å². The highest BCUT2D eigenvalue weighted by Crippen LogP contribution is 2.21. The molecule has 3 N–H and O–H groups in total. The number of hydrogen-bond acceptors (Lipinski definition) is 4. The van der Waals surface area contributed by atoms with Crippen LogP contribution in [0.25, 0.3) is 0 Å². The van der Waals surface area contributed by atoms with Crippen molar-refractivity contribution in [1.29, 1.82) is 5.26 Å². The number of nitrogens with zero attached hydrogens (tertiary/aromatic N) is 3. The minimum absolute atomic E-state index is 0.0342. The number of rotatable bonds is 2. The Morgan fingerprint density at radius 3 is 2.81 bits per heavy atom. The van der Waals surface area contributed by atoms with Gasteiger partial charge in [0.1, 0.15) is 0 Å². The number of nitrogens with two attached hydrogens (primary N) is 1. The summed E-state index contributed by atoms with van der Waals surface area (Å²) in [5.41, 5.74) is 9.14. The van der Waals surface area contributed by atoms with Crippen LogP contribution in [0.2, 0.25) is 0 Å². The molecule has 0 spiro atoms. The second kappa shape index (κ2) is 6.02. The Hall–Kier alpha value is -2.26. The molecule has 1 unspecified atom stereocenters. The number of benzene rings is 1. The van der Waals surface area contributed by atoms with E-state index in [4.69, 9.17) is 16.1 Å². The third-order valence-corrected chi connectivity index (χ3v) is 4.04. The molecule has 6 heteroatoms. The minimum Gasteiger partial charge on any atom is -0.465 e. The van der Waals surface area contributed by atoms with Gasteiger partial charge in [0.2, 0.25) is 0 Å². The van der Waals surface area contributed by atoms with Gasteiger partial charge in [-0.15, -0.1) is 0 Å². The molecule has 0 radical (unpaired) electrons. The van der Waals surface area contributed by atoms with Crippen LogP contribution in [-0.4, -0.2) is 46.7 Å². The van der Waals surface area contributed by atoms with Crippen LogP contribution >= 0.6 is 0 Å². The van der Waals surface area contributed by atoms with Gasteiger partial charge in [-0.2, -0.15) is 5.26 Å². The van der Waals surface area contributed by atoms with Gasteiger partial charge in [0, 0.05) is 37.9 Å². The first-order valence-electron chi connectivity index (χ1n) is 6.93. The molecule has 1 heterocycles. The monoisotopic (exact) mass is 288 g/mol. The second-order valence-corrected chi connectivity index (χ2v) is 5.52. The lowest BCUT2D eigenvalue weighted by Crippen LogP contribution is -2.53. The Morgan fingerprint density at radius 1 is 1.52 bits per heavy atom. The molecule has 0 saturated carbocycles. The van der Waals surface area contributed by atoms with Crippen molar-refractivity contribution in [3.05, 3.63) is 28.8 Å². The predicted molar refractivity (Wildman–Crippen MR) is 79.8 cm³/mol. The Labute approximate surface area is 124 Å². The third kappa shape index (κ3) is 3.26. The van der Waals surface area contributed by atoms with E-state index in [9.17, 15) is 4.79 Å². The van der Waals surface area contributed by atoms with E-state index in [-0.39, 0.29) is 6.04 Å². The number of piperazine rings is 1. The first-order chi connectivity index (χ1) is 9.92. The molecule has 1 aromatic carbocycles. The number of nitrogen functional groups attached to an aromatic ring is 1. The fraction of sp³-hybridized carbons (Fsp3) is 0.467. The molecule has 21 heavy (non-hydrogen) atoms. The average molecular weight is 288 g/mol. The molecule has 1 aliphatic heterocycles. The summed E-state index contributed by atoms with van der Waals surface area (Å²) in [4.78, 5) is 14.7. The molecule has 112 valence electrons. The molecule has 1 fully saturated rings. The molecular weight excluding hydrogens is 268 g/mol. The molecular formula is C15H20N4O2. The number of nitriles is 1. The summed E-state index contributed by atoms with van der Waals surface area (Å²) in [6.07, 6.45) is -0.867. The van der Waals surface area contributed by atoms with E-state index in [1.54, 1.807) is 6.07 Å². The number of carbonyl (C=O) groups is 1. The van der Waals surface area contributed by atoms with Crippen molar-refractivity contribution in [3.8, 4) is 6.07 Å². The van der Waals surface area contributed by atoms with E-state index in [0.29, 0.717) is 37.4 Å². The van der Waals surface area contributed by atoms with E-state index in [1.165, 1.54) is 4.90 Å². The van der Waals surface area contributed by atoms with Crippen molar-refractivity contribution in [2.24, 2.45) is 0 Å². The highest BCUT2D eigenvalue weighted by Gasteiger charge is 2.27. The van der Waals surface area contributed by atoms with Gasteiger partial charge < -0.3 is 15.7 Å². The van der Waals surface area contributed by atoms with Gasteiger partial charge in [0.05, 0.1) is 11.6 Å². The Bertz CT molecular complexity index is 594. The molecule has 1 aliphatic rings. The number of carboxylic acid groups (broad SMARTS) is 1. The van der Waals surface area contributed by atoms with Crippen molar-refractivity contribution >= 4 is 11.8 Å². The zero-order chi connectivity index (χ0) is 15.6. The van der Waals surface area contributed by atoms with E-state index < -0.39 is 6.09 Å². The Morgan fingerprint density at radius 2 is 2.24 bits per heavy atom. The van der Waals surface area contributed by atoms with E-state index in [0.717, 1.165) is 11.1 Å². The molecule has 1 aromatic rings. The Kier molecular flexibility index (Phi) is 4.34. The summed E-state index contributed by atoms with van der Waals surface area (Å²) in [5, 5.41) is 18.1. The molecule has 1 amide bonds. The quantitative estimate of drug-likeness (QED) is 0.807. The molecule has 0 aromatic heterocycles. The SMILES string of the molecule is Cc1c(N)cc(C#N)cc1CN1CCN(C(=O)O)C(C)C1. The van der Waals surface area contributed by atoms with Crippen LogP contribution in [0.1, 0.15) is 23.6 Å². The zero-order valence-corrected chi connectivity index (χ0v) is 12.3. The van der Waals surface area contributed by atoms with Crippen molar-refractivity contribution in [1.82, 2.24) is 9.80 Å². The zero-order valence-electron chi connectivity index (χ0n) is 12.3. The van der Waals surface area contributed by atoms with Crippen LogP contribution in [0, 0.1) is 18.3 Å². The van der Waals surface area contributed by atoms with E-state index in [2.05, 4.69) is 11.0 Å². The molecule has 1 atom stereocenters. The summed E-state index contributed by atoms with van der Waals surface area (Å²) in [6.45, 7) is 6.41. The van der Waals surface area contributed by atoms with Crippen molar-refractivity contribution in [2.75, 3.05) is 25.4 Å². The summed E-state index contributed by atoms with van der Waals surface area (Å²) in [5.74, 6) is 0. The van der Waals surface area contributed by atoms with Crippen molar-refractivity contribution in [3.63, 3.8) is 0 Å². The normalized spacial score (nSPS) is 19.3. The summed E-state index contributed by atoms with van der Waals surface area (Å²) in [7, 11) is 0. The topological polar surface area (TPSA) is 93.6 Å². The van der Waals surface area contributed by atoms with E-state index >= 15 is 0 Å². The lowest BCUT2D eigenvalue weighted by Gasteiger charge is -2.38. The van der Waals surface area contributed by atoms with Crippen molar-refractivity contribution in [2.45, 2.75) is 26.4 Å². The molecule has 0 bridgehead atoms. The van der Waals surface area contributed by atoms with Gasteiger partial charge in [-0.25, -0.2) is 4.79 Å². The number of amides is 1. The first kappa shape index (κ1) is 15.1. The van der Waals surface area contributed by atoms with E-state index in [1.807, 2.05) is 19.9 Å². The standard InChI is InChI=1S/C15H20N4O2/c1-10-8-18(3-4-19(10)15(20)21)9-13-5-12(7-16)6-14(17)11(13)2/h5-6,10H,3-4,8-9,17H2,1-2H3,(H,20,21). The number of anilines is 1. The second-order valence-electron chi connectivity index (χ2n) is 5.52. The lowest BCUT2D eigenvalue weighted by molar-refractivity contribution is 0.0710. The fourth-order valence-corrected chi connectivity index (χ4v) is 2.73. The van der Waals surface area contributed by atoms with Crippen LogP contribution in [0.5, 0.6) is 0 Å². The molecule has 0 aliphatic carbocycles. The van der Waals surface area contributed by atoms with Crippen LogP contribution in [-0.2, 0) is 6.54 Å². The van der Waals surface area contributed by atoms with Gasteiger partial charge in [-0.05, 0) is 37.1 Å². The maximum Gasteiger partial charge on any atom is 0.407 e. The average Bonchev–Trinajstić information content (AvgIpc) is 2.43. The van der Waals surface area contributed by atoms with Crippen LogP contribution in [0.4, 0.5) is 10.5 Å². The van der Waals surface area contributed by atoms with Crippen molar-refractivity contribution < 1.29 is 9.90 Å². The smallest absolute Gasteiger partial charge is 0.407 e. The minimum atomic E-state index is -0.867. The summed E-state index contributed by atoms with van der Waals surface area (Å²) in [6, 6.07) is 5.63. The predicted octanol–water partition coefficient (Wildman–Crippen LogP) is 1.63. The van der Waals surface area contributed by atoms with Crippen LogP contribution < -0.4 is 5.73 Å². The van der Waals surface area contributed by atoms with Crippen LogP contribution in [0.3, 0.4) is 0 Å². The van der Waals surface area contributed by atoms with Gasteiger partial charge >= 0.3 is 6.09 Å². The molecule has 1 saturated heterocycles. The lowest BCUT2D eigenvalue weighted by atomic mass is 10.0. The first-order valence-corrected chi connectivity index (χ1v) is 6.93. The largest absolute Gasteiger partial charge is 0.465 e. The summed E-state index contributed by atoms with van der Waals surface area (Å²) >= 11 is 0. The molecule has 2 rings (SSSR count). The highest BCUT2D eigenvalue weighted by atomic mass is 16.4. The molecule has 6 nitrogen and oxygen atoms in total. The number of hydrogen-bond donors (Lipinski definition) is 2. The van der Waals surface area contributed by atoms with Gasteiger partial charge in [0.15, 0.2) is 0 Å². The maximum absolute atomic E-state index is 11.1. The summed E-state index contributed by atoms with van der Waals surface area (Å²) < 4.78 is 0. The third-order valence-electron chi connectivity index (χ3n) is 4.04.